The average Bonchev–Trinajstić information content (AvgIpc) is 2.97. The first-order valence-corrected chi connectivity index (χ1v) is 8.93. The first-order chi connectivity index (χ1) is 10.3. The van der Waals surface area contributed by atoms with E-state index in [-0.39, 0.29) is 6.04 Å². The number of ether oxygens (including phenoxy) is 1. The van der Waals surface area contributed by atoms with Gasteiger partial charge in [-0.2, -0.15) is 0 Å². The van der Waals surface area contributed by atoms with Gasteiger partial charge in [-0.1, -0.05) is 32.1 Å². The van der Waals surface area contributed by atoms with E-state index in [2.05, 4.69) is 10.2 Å². The molecule has 1 saturated carbocycles. The van der Waals surface area contributed by atoms with Gasteiger partial charge in [0.1, 0.15) is 0 Å². The van der Waals surface area contributed by atoms with E-state index in [9.17, 15) is 4.79 Å². The van der Waals surface area contributed by atoms with E-state index in [1.807, 2.05) is 0 Å². The summed E-state index contributed by atoms with van der Waals surface area (Å²) in [7, 11) is 0. The van der Waals surface area contributed by atoms with Crippen molar-refractivity contribution in [3.8, 4) is 0 Å². The van der Waals surface area contributed by atoms with E-state index in [0.717, 1.165) is 25.6 Å². The number of carbonyl (C=O) groups is 1. The molecule has 3 fully saturated rings. The topological polar surface area (TPSA) is 41.6 Å². The normalized spacial score (nSPS) is 31.5. The zero-order chi connectivity index (χ0) is 14.5. The summed E-state index contributed by atoms with van der Waals surface area (Å²) < 4.78 is 5.46. The van der Waals surface area contributed by atoms with Crippen molar-refractivity contribution in [3.05, 3.63) is 0 Å². The van der Waals surface area contributed by atoms with Crippen LogP contribution >= 0.6 is 0 Å². The van der Waals surface area contributed by atoms with Crippen molar-refractivity contribution in [2.45, 2.75) is 69.9 Å². The van der Waals surface area contributed by atoms with Gasteiger partial charge in [0, 0.05) is 31.6 Å². The van der Waals surface area contributed by atoms with Gasteiger partial charge in [0.05, 0.1) is 13.2 Å². The van der Waals surface area contributed by atoms with Crippen LogP contribution in [-0.4, -0.2) is 49.2 Å². The lowest BCUT2D eigenvalue weighted by atomic mass is 9.84. The molecule has 3 aliphatic rings. The van der Waals surface area contributed by atoms with Crippen molar-refractivity contribution in [1.29, 1.82) is 0 Å². The van der Waals surface area contributed by atoms with E-state index in [1.165, 1.54) is 51.4 Å². The van der Waals surface area contributed by atoms with Gasteiger partial charge in [0.2, 0.25) is 5.91 Å². The van der Waals surface area contributed by atoms with E-state index in [1.54, 1.807) is 0 Å². The molecule has 4 nitrogen and oxygen atoms in total. The fourth-order valence-corrected chi connectivity index (χ4v) is 4.30. The maximum atomic E-state index is 12.6. The number of hydrogen-bond acceptors (Lipinski definition) is 3. The van der Waals surface area contributed by atoms with Crippen LogP contribution in [0, 0.1) is 5.92 Å². The van der Waals surface area contributed by atoms with E-state index in [0.29, 0.717) is 25.0 Å². The first-order valence-electron chi connectivity index (χ1n) is 8.93. The summed E-state index contributed by atoms with van der Waals surface area (Å²) in [6.45, 7) is 3.32. The second kappa shape index (κ2) is 7.59. The SMILES string of the molecule is O=C(CC1COCCN1)N1CCCC1CC1CCCCC1. The number of hydrogen-bond donors (Lipinski definition) is 1. The van der Waals surface area contributed by atoms with Gasteiger partial charge in [-0.15, -0.1) is 0 Å². The summed E-state index contributed by atoms with van der Waals surface area (Å²) in [4.78, 5) is 14.8. The summed E-state index contributed by atoms with van der Waals surface area (Å²) in [6.07, 6.45) is 11.3. The molecule has 0 aromatic heterocycles. The van der Waals surface area contributed by atoms with Crippen molar-refractivity contribution >= 4 is 5.91 Å². The first kappa shape index (κ1) is 15.3. The number of likely N-dealkylation sites (tertiary alicyclic amines) is 1. The Morgan fingerprint density at radius 2 is 2.00 bits per heavy atom. The number of morpholine rings is 1. The van der Waals surface area contributed by atoms with Gasteiger partial charge < -0.3 is 15.0 Å². The average molecular weight is 294 g/mol. The number of nitrogens with one attached hydrogen (secondary N) is 1. The molecule has 2 unspecified atom stereocenters. The van der Waals surface area contributed by atoms with Crippen LogP contribution in [-0.2, 0) is 9.53 Å². The molecule has 2 atom stereocenters. The van der Waals surface area contributed by atoms with E-state index in [4.69, 9.17) is 4.74 Å². The Hall–Kier alpha value is -0.610. The molecule has 2 heterocycles. The largest absolute Gasteiger partial charge is 0.378 e. The molecule has 2 aliphatic heterocycles. The summed E-state index contributed by atoms with van der Waals surface area (Å²) in [5, 5.41) is 3.40. The number of rotatable bonds is 4. The lowest BCUT2D eigenvalue weighted by molar-refractivity contribution is -0.133. The standard InChI is InChI=1S/C17H30N2O2/c20-17(12-15-13-21-10-8-18-15)19-9-4-7-16(19)11-14-5-2-1-3-6-14/h14-16,18H,1-13H2. The number of carbonyl (C=O) groups excluding carboxylic acids is 1. The molecule has 1 aliphatic carbocycles. The van der Waals surface area contributed by atoms with Crippen LogP contribution in [0.4, 0.5) is 0 Å². The number of nitrogens with zero attached hydrogens (tertiary/aromatic N) is 1. The van der Waals surface area contributed by atoms with Crippen molar-refractivity contribution in [3.63, 3.8) is 0 Å². The Labute approximate surface area is 128 Å². The number of amides is 1. The Balaban J connectivity index is 1.49. The van der Waals surface area contributed by atoms with Gasteiger partial charge in [-0.25, -0.2) is 0 Å². The van der Waals surface area contributed by atoms with Crippen LogP contribution in [0.3, 0.4) is 0 Å². The molecule has 0 aromatic carbocycles. The monoisotopic (exact) mass is 294 g/mol. The van der Waals surface area contributed by atoms with Crippen molar-refractivity contribution in [2.75, 3.05) is 26.3 Å². The molecule has 3 rings (SSSR count). The Bertz CT molecular complexity index is 336. The predicted octanol–water partition coefficient (Wildman–Crippen LogP) is 2.33. The van der Waals surface area contributed by atoms with Gasteiger partial charge in [0.15, 0.2) is 0 Å². The van der Waals surface area contributed by atoms with Crippen LogP contribution < -0.4 is 5.32 Å². The third kappa shape index (κ3) is 4.19. The predicted molar refractivity (Wildman–Crippen MR) is 83.2 cm³/mol. The minimum atomic E-state index is 0.224. The summed E-state index contributed by atoms with van der Waals surface area (Å²) in [5.41, 5.74) is 0. The fourth-order valence-electron chi connectivity index (χ4n) is 4.30. The molecule has 0 bridgehead atoms. The summed E-state index contributed by atoms with van der Waals surface area (Å²) in [5.74, 6) is 1.21. The van der Waals surface area contributed by atoms with Crippen LogP contribution in [0.2, 0.25) is 0 Å². The van der Waals surface area contributed by atoms with Crippen molar-refractivity contribution in [1.82, 2.24) is 10.2 Å². The Morgan fingerprint density at radius 1 is 1.14 bits per heavy atom. The summed E-state index contributed by atoms with van der Waals surface area (Å²) in [6, 6.07) is 0.743. The highest BCUT2D eigenvalue weighted by molar-refractivity contribution is 5.77. The van der Waals surface area contributed by atoms with Crippen LogP contribution in [0.5, 0.6) is 0 Å². The quantitative estimate of drug-likeness (QED) is 0.865. The minimum Gasteiger partial charge on any atom is -0.378 e. The van der Waals surface area contributed by atoms with Gasteiger partial charge in [0.25, 0.3) is 0 Å². The molecule has 2 saturated heterocycles. The van der Waals surface area contributed by atoms with Gasteiger partial charge in [-0.3, -0.25) is 4.79 Å². The minimum absolute atomic E-state index is 0.224. The maximum absolute atomic E-state index is 12.6. The Morgan fingerprint density at radius 3 is 2.76 bits per heavy atom. The van der Waals surface area contributed by atoms with E-state index >= 15 is 0 Å². The zero-order valence-corrected chi connectivity index (χ0v) is 13.2. The maximum Gasteiger partial charge on any atom is 0.224 e. The fraction of sp³-hybridized carbons (Fsp3) is 0.941. The van der Waals surface area contributed by atoms with Gasteiger partial charge >= 0.3 is 0 Å². The zero-order valence-electron chi connectivity index (χ0n) is 13.2. The molecule has 1 N–H and O–H groups in total. The van der Waals surface area contributed by atoms with Crippen molar-refractivity contribution < 1.29 is 9.53 Å². The van der Waals surface area contributed by atoms with Crippen molar-refractivity contribution in [2.24, 2.45) is 5.92 Å². The van der Waals surface area contributed by atoms with Crippen LogP contribution in [0.1, 0.15) is 57.8 Å². The lowest BCUT2D eigenvalue weighted by Gasteiger charge is -2.32. The molecule has 0 spiro atoms. The second-order valence-electron chi connectivity index (χ2n) is 7.05. The van der Waals surface area contributed by atoms with Crippen LogP contribution in [0.25, 0.3) is 0 Å². The Kier molecular flexibility index (Phi) is 5.53. The molecule has 1 amide bonds. The highest BCUT2D eigenvalue weighted by atomic mass is 16.5. The highest BCUT2D eigenvalue weighted by Gasteiger charge is 2.32. The third-order valence-corrected chi connectivity index (χ3v) is 5.45. The molecule has 21 heavy (non-hydrogen) atoms. The molecular weight excluding hydrogens is 264 g/mol. The van der Waals surface area contributed by atoms with Gasteiger partial charge in [-0.05, 0) is 25.2 Å². The highest BCUT2D eigenvalue weighted by Crippen LogP contribution is 2.32. The molecule has 0 aromatic rings. The van der Waals surface area contributed by atoms with E-state index < -0.39 is 0 Å². The molecular formula is C17H30N2O2. The molecule has 4 heteroatoms. The van der Waals surface area contributed by atoms with Crippen LogP contribution in [0.15, 0.2) is 0 Å². The molecule has 120 valence electrons. The second-order valence-corrected chi connectivity index (χ2v) is 7.05. The summed E-state index contributed by atoms with van der Waals surface area (Å²) >= 11 is 0. The molecule has 0 radical (unpaired) electrons. The smallest absolute Gasteiger partial charge is 0.224 e. The third-order valence-electron chi connectivity index (χ3n) is 5.45. The lowest BCUT2D eigenvalue weighted by Crippen LogP contribution is -2.46.